The van der Waals surface area contributed by atoms with Crippen LogP contribution in [-0.4, -0.2) is 39.4 Å². The summed E-state index contributed by atoms with van der Waals surface area (Å²) in [6.07, 6.45) is 3.32. The molecule has 3 rings (SSSR count). The first-order valence-corrected chi connectivity index (χ1v) is 10.8. The molecule has 1 aromatic carbocycles. The molecule has 0 bridgehead atoms. The number of hydrogen-bond donors (Lipinski definition) is 0. The SMILES string of the molecule is CCc1c(C)nc(C)c(-c2cc(OC)c(OC)c(OC)c2)c1N1CCC(C)(C)CC1. The molecule has 1 fully saturated rings. The molecule has 0 spiro atoms. The standard InChI is InChI=1S/C25H36N2O3/c1-9-19-16(2)26-17(3)22(23(19)27-12-10-25(4,5)11-13-27)18-14-20(28-6)24(30-8)21(15-18)29-7/h14-15H,9-13H2,1-8H3. The van der Waals surface area contributed by atoms with Crippen LogP contribution in [0.3, 0.4) is 0 Å². The van der Waals surface area contributed by atoms with E-state index in [-0.39, 0.29) is 0 Å². The average Bonchev–Trinajstić information content (AvgIpc) is 2.72. The highest BCUT2D eigenvalue weighted by molar-refractivity contribution is 5.85. The van der Waals surface area contributed by atoms with Crippen LogP contribution in [0.2, 0.25) is 0 Å². The van der Waals surface area contributed by atoms with Crippen molar-refractivity contribution < 1.29 is 14.2 Å². The van der Waals surface area contributed by atoms with Crippen LogP contribution in [-0.2, 0) is 6.42 Å². The van der Waals surface area contributed by atoms with Gasteiger partial charge in [0.1, 0.15) is 0 Å². The lowest BCUT2D eigenvalue weighted by Gasteiger charge is -2.40. The molecule has 5 nitrogen and oxygen atoms in total. The molecule has 0 radical (unpaired) electrons. The van der Waals surface area contributed by atoms with Crippen molar-refractivity contribution in [2.75, 3.05) is 39.3 Å². The van der Waals surface area contributed by atoms with Crippen molar-refractivity contribution in [2.24, 2.45) is 5.41 Å². The van der Waals surface area contributed by atoms with Crippen molar-refractivity contribution in [1.29, 1.82) is 0 Å². The summed E-state index contributed by atoms with van der Waals surface area (Å²) in [7, 11) is 4.95. The maximum Gasteiger partial charge on any atom is 0.203 e. The zero-order valence-electron chi connectivity index (χ0n) is 19.8. The van der Waals surface area contributed by atoms with Crippen molar-refractivity contribution in [3.8, 4) is 28.4 Å². The van der Waals surface area contributed by atoms with Gasteiger partial charge >= 0.3 is 0 Å². The summed E-state index contributed by atoms with van der Waals surface area (Å²) in [6, 6.07) is 4.08. The molecular formula is C25H36N2O3. The van der Waals surface area contributed by atoms with Crippen LogP contribution in [0.1, 0.15) is 50.6 Å². The van der Waals surface area contributed by atoms with E-state index < -0.39 is 0 Å². The van der Waals surface area contributed by atoms with E-state index in [1.54, 1.807) is 21.3 Å². The molecule has 2 aromatic rings. The molecule has 2 heterocycles. The van der Waals surface area contributed by atoms with E-state index in [0.29, 0.717) is 22.7 Å². The van der Waals surface area contributed by atoms with Crippen molar-refractivity contribution in [1.82, 2.24) is 4.98 Å². The molecule has 0 unspecified atom stereocenters. The van der Waals surface area contributed by atoms with E-state index >= 15 is 0 Å². The van der Waals surface area contributed by atoms with Gasteiger partial charge in [0.15, 0.2) is 11.5 Å². The van der Waals surface area contributed by atoms with Gasteiger partial charge in [-0.05, 0) is 61.8 Å². The monoisotopic (exact) mass is 412 g/mol. The number of rotatable bonds is 6. The second-order valence-corrected chi connectivity index (χ2v) is 8.90. The molecular weight excluding hydrogens is 376 g/mol. The van der Waals surface area contributed by atoms with Gasteiger partial charge in [-0.2, -0.15) is 0 Å². The second-order valence-electron chi connectivity index (χ2n) is 8.90. The molecule has 5 heteroatoms. The average molecular weight is 413 g/mol. The number of aryl methyl sites for hydroxylation is 2. The molecule has 1 aromatic heterocycles. The minimum Gasteiger partial charge on any atom is -0.493 e. The Kier molecular flexibility index (Phi) is 6.49. The molecule has 0 atom stereocenters. The first-order chi connectivity index (χ1) is 14.3. The van der Waals surface area contributed by atoms with Gasteiger partial charge in [0.2, 0.25) is 5.75 Å². The fourth-order valence-electron chi connectivity index (χ4n) is 4.55. The van der Waals surface area contributed by atoms with Gasteiger partial charge in [-0.1, -0.05) is 20.8 Å². The summed E-state index contributed by atoms with van der Waals surface area (Å²) in [4.78, 5) is 7.48. The number of ether oxygens (including phenoxy) is 3. The maximum atomic E-state index is 5.63. The quantitative estimate of drug-likeness (QED) is 0.620. The highest BCUT2D eigenvalue weighted by atomic mass is 16.5. The summed E-state index contributed by atoms with van der Waals surface area (Å²) < 4.78 is 16.8. The van der Waals surface area contributed by atoms with Crippen LogP contribution in [0.15, 0.2) is 12.1 Å². The Morgan fingerprint density at radius 3 is 1.97 bits per heavy atom. The highest BCUT2D eigenvalue weighted by Crippen LogP contribution is 2.46. The Morgan fingerprint density at radius 2 is 1.50 bits per heavy atom. The van der Waals surface area contributed by atoms with Crippen molar-refractivity contribution in [2.45, 2.75) is 53.9 Å². The number of pyridine rings is 1. The van der Waals surface area contributed by atoms with Crippen LogP contribution in [0, 0.1) is 19.3 Å². The van der Waals surface area contributed by atoms with Crippen molar-refractivity contribution >= 4 is 5.69 Å². The Morgan fingerprint density at radius 1 is 0.933 bits per heavy atom. The molecule has 1 saturated heterocycles. The van der Waals surface area contributed by atoms with E-state index in [9.17, 15) is 0 Å². The lowest BCUT2D eigenvalue weighted by molar-refractivity contribution is 0.279. The number of benzene rings is 1. The molecule has 0 amide bonds. The minimum atomic E-state index is 0.396. The van der Waals surface area contributed by atoms with Crippen molar-refractivity contribution in [3.05, 3.63) is 29.1 Å². The number of nitrogens with zero attached hydrogens (tertiary/aromatic N) is 2. The molecule has 1 aliphatic heterocycles. The Balaban J connectivity index is 2.25. The number of hydrogen-bond acceptors (Lipinski definition) is 5. The largest absolute Gasteiger partial charge is 0.493 e. The fraction of sp³-hybridized carbons (Fsp3) is 0.560. The summed E-state index contributed by atoms with van der Waals surface area (Å²) in [5.74, 6) is 1.93. The topological polar surface area (TPSA) is 43.8 Å². The fourth-order valence-corrected chi connectivity index (χ4v) is 4.55. The van der Waals surface area contributed by atoms with Gasteiger partial charge in [0.05, 0.1) is 27.0 Å². The first-order valence-electron chi connectivity index (χ1n) is 10.8. The van der Waals surface area contributed by atoms with Gasteiger partial charge in [-0.3, -0.25) is 4.98 Å². The van der Waals surface area contributed by atoms with Crippen LogP contribution in [0.25, 0.3) is 11.1 Å². The number of piperidine rings is 1. The van der Waals surface area contributed by atoms with E-state index in [0.717, 1.165) is 42.0 Å². The Hall–Kier alpha value is -2.43. The van der Waals surface area contributed by atoms with Gasteiger partial charge in [-0.15, -0.1) is 0 Å². The first kappa shape index (κ1) is 22.3. The van der Waals surface area contributed by atoms with Gasteiger partial charge < -0.3 is 19.1 Å². The molecule has 164 valence electrons. The predicted octanol–water partition coefficient (Wildman–Crippen LogP) is 5.58. The number of methoxy groups -OCH3 is 3. The highest BCUT2D eigenvalue weighted by Gasteiger charge is 2.30. The third-order valence-electron chi connectivity index (χ3n) is 6.40. The minimum absolute atomic E-state index is 0.396. The Bertz CT molecular complexity index is 886. The van der Waals surface area contributed by atoms with E-state index in [2.05, 4.69) is 39.5 Å². The lowest BCUT2D eigenvalue weighted by Crippen LogP contribution is -2.38. The summed E-state index contributed by atoms with van der Waals surface area (Å²) in [5, 5.41) is 0. The zero-order chi connectivity index (χ0) is 22.1. The molecule has 0 N–H and O–H groups in total. The van der Waals surface area contributed by atoms with Gasteiger partial charge in [0, 0.05) is 30.0 Å². The number of aromatic nitrogens is 1. The van der Waals surface area contributed by atoms with Crippen LogP contribution in [0.4, 0.5) is 5.69 Å². The third kappa shape index (κ3) is 4.07. The van der Waals surface area contributed by atoms with Crippen molar-refractivity contribution in [3.63, 3.8) is 0 Å². The molecule has 30 heavy (non-hydrogen) atoms. The molecule has 0 aliphatic carbocycles. The van der Waals surface area contributed by atoms with Crippen LogP contribution >= 0.6 is 0 Å². The summed E-state index contributed by atoms with van der Waals surface area (Å²) in [5.41, 5.74) is 7.38. The lowest BCUT2D eigenvalue weighted by atomic mass is 9.82. The van der Waals surface area contributed by atoms with Gasteiger partial charge in [0.25, 0.3) is 0 Å². The maximum absolute atomic E-state index is 5.63. The van der Waals surface area contributed by atoms with Crippen LogP contribution < -0.4 is 19.1 Å². The second kappa shape index (κ2) is 8.75. The zero-order valence-corrected chi connectivity index (χ0v) is 19.8. The Labute approximate surface area is 181 Å². The molecule has 0 saturated carbocycles. The third-order valence-corrected chi connectivity index (χ3v) is 6.40. The van der Waals surface area contributed by atoms with E-state index in [4.69, 9.17) is 19.2 Å². The number of anilines is 1. The smallest absolute Gasteiger partial charge is 0.203 e. The summed E-state index contributed by atoms with van der Waals surface area (Å²) in [6.45, 7) is 13.3. The van der Waals surface area contributed by atoms with E-state index in [1.807, 2.05) is 12.1 Å². The van der Waals surface area contributed by atoms with Gasteiger partial charge in [-0.25, -0.2) is 0 Å². The van der Waals surface area contributed by atoms with E-state index in [1.165, 1.54) is 24.1 Å². The molecule has 1 aliphatic rings. The van der Waals surface area contributed by atoms with Crippen LogP contribution in [0.5, 0.6) is 17.2 Å². The normalized spacial score (nSPS) is 15.8. The predicted molar refractivity (Wildman–Crippen MR) is 123 cm³/mol. The summed E-state index contributed by atoms with van der Waals surface area (Å²) >= 11 is 0.